The number of carbonyl (C=O) groups excluding carboxylic acids is 1. The van der Waals surface area contributed by atoms with Crippen LogP contribution in [0.1, 0.15) is 24.8 Å². The van der Waals surface area contributed by atoms with Gasteiger partial charge in [-0.3, -0.25) is 4.79 Å². The van der Waals surface area contributed by atoms with E-state index < -0.39 is 5.92 Å². The van der Waals surface area contributed by atoms with Crippen molar-refractivity contribution in [1.29, 1.82) is 0 Å². The van der Waals surface area contributed by atoms with Gasteiger partial charge in [0, 0.05) is 6.07 Å². The first-order valence-electron chi connectivity index (χ1n) is 4.69. The molecule has 0 saturated carbocycles. The van der Waals surface area contributed by atoms with Gasteiger partial charge in [-0.1, -0.05) is 6.92 Å². The standard InChI is InChI=1S/C11H14O4/c1-3-10(11(14)15-2)7-4-8(12)6-9(13)5-7/h4-6,10,12-13H,3H2,1-2H3. The number of esters is 1. The van der Waals surface area contributed by atoms with Crippen LogP contribution in [0.3, 0.4) is 0 Å². The SMILES string of the molecule is CCC(C(=O)OC)c1cc(O)cc(O)c1. The fourth-order valence-corrected chi connectivity index (χ4v) is 1.50. The monoisotopic (exact) mass is 210 g/mol. The van der Waals surface area contributed by atoms with Crippen molar-refractivity contribution < 1.29 is 19.7 Å². The van der Waals surface area contributed by atoms with Crippen LogP contribution in [0.25, 0.3) is 0 Å². The third-order valence-electron chi connectivity index (χ3n) is 2.22. The Morgan fingerprint density at radius 1 is 1.33 bits per heavy atom. The van der Waals surface area contributed by atoms with Gasteiger partial charge in [0.05, 0.1) is 13.0 Å². The highest BCUT2D eigenvalue weighted by molar-refractivity contribution is 5.78. The normalized spacial score (nSPS) is 12.1. The summed E-state index contributed by atoms with van der Waals surface area (Å²) in [6.07, 6.45) is 0.551. The van der Waals surface area contributed by atoms with Crippen molar-refractivity contribution >= 4 is 5.97 Å². The van der Waals surface area contributed by atoms with E-state index in [-0.39, 0.29) is 17.5 Å². The van der Waals surface area contributed by atoms with Crippen LogP contribution in [0.15, 0.2) is 18.2 Å². The lowest BCUT2D eigenvalue weighted by Crippen LogP contribution is -2.13. The minimum absolute atomic E-state index is 0.0626. The molecule has 15 heavy (non-hydrogen) atoms. The summed E-state index contributed by atoms with van der Waals surface area (Å²) in [4.78, 5) is 11.4. The second-order valence-electron chi connectivity index (χ2n) is 3.27. The molecule has 0 heterocycles. The number of hydrogen-bond donors (Lipinski definition) is 2. The fourth-order valence-electron chi connectivity index (χ4n) is 1.50. The molecule has 0 amide bonds. The van der Waals surface area contributed by atoms with Gasteiger partial charge in [-0.05, 0) is 24.1 Å². The zero-order chi connectivity index (χ0) is 11.4. The number of carbonyl (C=O) groups is 1. The number of hydrogen-bond acceptors (Lipinski definition) is 4. The number of methoxy groups -OCH3 is 1. The molecule has 0 aromatic heterocycles. The Labute approximate surface area is 88.1 Å². The number of rotatable bonds is 3. The third kappa shape index (κ3) is 2.62. The lowest BCUT2D eigenvalue weighted by atomic mass is 9.96. The summed E-state index contributed by atoms with van der Waals surface area (Å²) in [5.41, 5.74) is 0.557. The highest BCUT2D eigenvalue weighted by atomic mass is 16.5. The van der Waals surface area contributed by atoms with Gasteiger partial charge in [-0.15, -0.1) is 0 Å². The molecule has 1 aromatic rings. The smallest absolute Gasteiger partial charge is 0.313 e. The van der Waals surface area contributed by atoms with E-state index in [1.807, 2.05) is 6.92 Å². The molecule has 1 rings (SSSR count). The highest BCUT2D eigenvalue weighted by Crippen LogP contribution is 2.28. The zero-order valence-corrected chi connectivity index (χ0v) is 8.73. The Morgan fingerprint density at radius 3 is 2.27 bits per heavy atom. The van der Waals surface area contributed by atoms with Gasteiger partial charge < -0.3 is 14.9 Å². The summed E-state index contributed by atoms with van der Waals surface area (Å²) in [5, 5.41) is 18.6. The van der Waals surface area contributed by atoms with Crippen molar-refractivity contribution in [2.24, 2.45) is 0 Å². The molecular formula is C11H14O4. The largest absolute Gasteiger partial charge is 0.508 e. The number of benzene rings is 1. The number of ether oxygens (including phenoxy) is 1. The van der Waals surface area contributed by atoms with Gasteiger partial charge in [0.2, 0.25) is 0 Å². The van der Waals surface area contributed by atoms with Gasteiger partial charge >= 0.3 is 5.97 Å². The average Bonchev–Trinajstić information content (AvgIpc) is 2.17. The minimum Gasteiger partial charge on any atom is -0.508 e. The highest BCUT2D eigenvalue weighted by Gasteiger charge is 2.20. The molecule has 0 saturated heterocycles. The van der Waals surface area contributed by atoms with Crippen LogP contribution in [0.5, 0.6) is 11.5 Å². The van der Waals surface area contributed by atoms with Crippen molar-refractivity contribution in [3.05, 3.63) is 23.8 Å². The van der Waals surface area contributed by atoms with Crippen LogP contribution < -0.4 is 0 Å². The minimum atomic E-state index is -0.451. The Morgan fingerprint density at radius 2 is 1.87 bits per heavy atom. The first-order valence-corrected chi connectivity index (χ1v) is 4.69. The van der Waals surface area contributed by atoms with Gasteiger partial charge in [0.15, 0.2) is 0 Å². The molecule has 0 bridgehead atoms. The quantitative estimate of drug-likeness (QED) is 0.746. The van der Waals surface area contributed by atoms with Crippen molar-refractivity contribution in [1.82, 2.24) is 0 Å². The number of phenols is 2. The molecule has 82 valence electrons. The molecule has 0 aliphatic rings. The molecule has 1 unspecified atom stereocenters. The summed E-state index contributed by atoms with van der Waals surface area (Å²) >= 11 is 0. The Bertz CT molecular complexity index is 339. The molecular weight excluding hydrogens is 196 g/mol. The van der Waals surface area contributed by atoms with Gasteiger partial charge in [0.1, 0.15) is 11.5 Å². The third-order valence-corrected chi connectivity index (χ3v) is 2.22. The molecule has 1 atom stereocenters. The lowest BCUT2D eigenvalue weighted by Gasteiger charge is -2.13. The maximum Gasteiger partial charge on any atom is 0.313 e. The Kier molecular flexibility index (Phi) is 3.55. The zero-order valence-electron chi connectivity index (χ0n) is 8.73. The lowest BCUT2D eigenvalue weighted by molar-refractivity contribution is -0.142. The van der Waals surface area contributed by atoms with Crippen molar-refractivity contribution in [3.8, 4) is 11.5 Å². The summed E-state index contributed by atoms with van der Waals surface area (Å²) in [7, 11) is 1.31. The van der Waals surface area contributed by atoms with Crippen LogP contribution in [0.4, 0.5) is 0 Å². The Hall–Kier alpha value is -1.71. The van der Waals surface area contributed by atoms with Crippen LogP contribution in [-0.2, 0) is 9.53 Å². The van der Waals surface area contributed by atoms with E-state index in [9.17, 15) is 15.0 Å². The molecule has 2 N–H and O–H groups in total. The summed E-state index contributed by atoms with van der Waals surface area (Å²) in [6, 6.07) is 4.11. The van der Waals surface area contributed by atoms with Gasteiger partial charge in [0.25, 0.3) is 0 Å². The van der Waals surface area contributed by atoms with E-state index in [0.717, 1.165) is 0 Å². The van der Waals surface area contributed by atoms with Crippen molar-refractivity contribution in [3.63, 3.8) is 0 Å². The molecule has 4 nitrogen and oxygen atoms in total. The van der Waals surface area contributed by atoms with Gasteiger partial charge in [-0.25, -0.2) is 0 Å². The molecule has 0 fully saturated rings. The van der Waals surface area contributed by atoms with Crippen LogP contribution in [0.2, 0.25) is 0 Å². The molecule has 0 aliphatic carbocycles. The van der Waals surface area contributed by atoms with E-state index in [0.29, 0.717) is 12.0 Å². The summed E-state index contributed by atoms with van der Waals surface area (Å²) in [5.74, 6) is -0.949. The summed E-state index contributed by atoms with van der Waals surface area (Å²) < 4.78 is 4.64. The second-order valence-corrected chi connectivity index (χ2v) is 3.27. The van der Waals surface area contributed by atoms with Crippen LogP contribution >= 0.6 is 0 Å². The molecule has 0 aliphatic heterocycles. The van der Waals surface area contributed by atoms with Crippen molar-refractivity contribution in [2.75, 3.05) is 7.11 Å². The maximum atomic E-state index is 11.4. The van der Waals surface area contributed by atoms with E-state index in [1.54, 1.807) is 0 Å². The van der Waals surface area contributed by atoms with Crippen LogP contribution in [0, 0.1) is 0 Å². The number of phenolic OH excluding ortho intramolecular Hbond substituents is 2. The molecule has 0 radical (unpaired) electrons. The average molecular weight is 210 g/mol. The molecule has 4 heteroatoms. The first kappa shape index (κ1) is 11.4. The van der Waals surface area contributed by atoms with E-state index >= 15 is 0 Å². The number of aromatic hydroxyl groups is 2. The van der Waals surface area contributed by atoms with E-state index in [2.05, 4.69) is 4.74 Å². The van der Waals surface area contributed by atoms with E-state index in [4.69, 9.17) is 0 Å². The van der Waals surface area contributed by atoms with Crippen molar-refractivity contribution in [2.45, 2.75) is 19.3 Å². The predicted octanol–water partition coefficient (Wildman–Crippen LogP) is 1.76. The fraction of sp³-hybridized carbons (Fsp3) is 0.364. The summed E-state index contributed by atoms with van der Waals surface area (Å²) in [6.45, 7) is 1.84. The molecule has 1 aromatic carbocycles. The van der Waals surface area contributed by atoms with Gasteiger partial charge in [-0.2, -0.15) is 0 Å². The topological polar surface area (TPSA) is 66.8 Å². The second kappa shape index (κ2) is 4.68. The maximum absolute atomic E-state index is 11.4. The predicted molar refractivity (Wildman–Crippen MR) is 54.8 cm³/mol. The van der Waals surface area contributed by atoms with E-state index in [1.165, 1.54) is 25.3 Å². The Balaban J connectivity index is 3.06. The van der Waals surface area contributed by atoms with Crippen LogP contribution in [-0.4, -0.2) is 23.3 Å². The molecule has 0 spiro atoms. The first-order chi connectivity index (χ1) is 7.08.